The molecule has 0 aliphatic heterocycles. The van der Waals surface area contributed by atoms with Crippen molar-refractivity contribution >= 4 is 17.7 Å². The summed E-state index contributed by atoms with van der Waals surface area (Å²) >= 11 is 5.80. The summed E-state index contributed by atoms with van der Waals surface area (Å²) < 4.78 is 4.70. The number of ether oxygens (including phenoxy) is 1. The van der Waals surface area contributed by atoms with Gasteiger partial charge in [0.05, 0.1) is 0 Å². The second-order valence-corrected chi connectivity index (χ2v) is 4.32. The molecule has 0 aliphatic carbocycles. The van der Waals surface area contributed by atoms with Crippen LogP contribution in [0.25, 0.3) is 0 Å². The van der Waals surface area contributed by atoms with Crippen LogP contribution in [0.3, 0.4) is 0 Å². The Hall–Kier alpha value is -1.30. The Labute approximate surface area is 104 Å². The van der Waals surface area contributed by atoms with E-state index < -0.39 is 17.9 Å². The Morgan fingerprint density at radius 3 is 2.82 bits per heavy atom. The summed E-state index contributed by atoms with van der Waals surface area (Å²) in [7, 11) is 0. The lowest BCUT2D eigenvalue weighted by atomic mass is 9.98. The van der Waals surface area contributed by atoms with Gasteiger partial charge in [0.2, 0.25) is 0 Å². The molecule has 5 N–H and O–H groups in total. The number of nitrogens with two attached hydrogens (primary N) is 2. The highest BCUT2D eigenvalue weighted by atomic mass is 35.5. The van der Waals surface area contributed by atoms with Gasteiger partial charge in [-0.3, -0.25) is 5.73 Å². The second kappa shape index (κ2) is 5.35. The van der Waals surface area contributed by atoms with Crippen LogP contribution in [0.4, 0.5) is 4.79 Å². The molecule has 94 valence electrons. The van der Waals surface area contributed by atoms with Gasteiger partial charge in [-0.2, -0.15) is 0 Å². The van der Waals surface area contributed by atoms with E-state index in [1.807, 2.05) is 0 Å². The van der Waals surface area contributed by atoms with E-state index in [0.29, 0.717) is 10.6 Å². The molecule has 0 saturated carbocycles. The first-order valence-electron chi connectivity index (χ1n) is 5.04. The van der Waals surface area contributed by atoms with E-state index in [1.165, 1.54) is 0 Å². The number of carbonyl (C=O) groups excluding carboxylic acids is 1. The summed E-state index contributed by atoms with van der Waals surface area (Å²) in [4.78, 5) is 10.5. The number of primary amides is 1. The first-order valence-corrected chi connectivity index (χ1v) is 5.42. The van der Waals surface area contributed by atoms with Crippen molar-refractivity contribution in [3.05, 3.63) is 34.9 Å². The fourth-order valence-corrected chi connectivity index (χ4v) is 1.74. The Bertz CT molecular complexity index is 409. The Kier molecular flexibility index (Phi) is 4.34. The van der Waals surface area contributed by atoms with Crippen LogP contribution in [0.15, 0.2) is 24.3 Å². The molecule has 0 radical (unpaired) electrons. The topological polar surface area (TPSA) is 98.6 Å². The molecule has 1 rings (SSSR count). The minimum atomic E-state index is -1.63. The third kappa shape index (κ3) is 4.22. The summed E-state index contributed by atoms with van der Waals surface area (Å²) in [6.07, 6.45) is -1.48. The summed E-state index contributed by atoms with van der Waals surface area (Å²) in [5.41, 5.74) is 9.44. The number of halogens is 1. The quantitative estimate of drug-likeness (QED) is 0.709. The third-order valence-electron chi connectivity index (χ3n) is 2.24. The van der Waals surface area contributed by atoms with Crippen molar-refractivity contribution < 1.29 is 14.6 Å². The number of hydrogen-bond donors (Lipinski definition) is 3. The van der Waals surface area contributed by atoms with Crippen LogP contribution < -0.4 is 11.5 Å². The third-order valence-corrected chi connectivity index (χ3v) is 2.48. The van der Waals surface area contributed by atoms with Crippen LogP contribution >= 0.6 is 11.6 Å². The lowest BCUT2D eigenvalue weighted by molar-refractivity contribution is -0.00947. The molecular weight excluding hydrogens is 244 g/mol. The number of benzene rings is 1. The zero-order valence-electron chi connectivity index (χ0n) is 9.39. The van der Waals surface area contributed by atoms with E-state index in [4.69, 9.17) is 27.8 Å². The van der Waals surface area contributed by atoms with Crippen LogP contribution in [-0.2, 0) is 10.5 Å². The van der Waals surface area contributed by atoms with Crippen LogP contribution in [0.1, 0.15) is 18.9 Å². The molecule has 0 heterocycles. The van der Waals surface area contributed by atoms with Gasteiger partial charge in [0.1, 0.15) is 11.8 Å². The zero-order valence-corrected chi connectivity index (χ0v) is 10.1. The van der Waals surface area contributed by atoms with Crippen LogP contribution in [-0.4, -0.2) is 17.3 Å². The Balaban J connectivity index is 2.77. The molecule has 0 saturated heterocycles. The highest BCUT2D eigenvalue weighted by Gasteiger charge is 2.27. The first-order chi connectivity index (χ1) is 7.81. The monoisotopic (exact) mass is 258 g/mol. The van der Waals surface area contributed by atoms with Gasteiger partial charge in [0.15, 0.2) is 0 Å². The van der Waals surface area contributed by atoms with Crippen molar-refractivity contribution in [1.29, 1.82) is 0 Å². The normalized spacial score (nSPS) is 16.0. The van der Waals surface area contributed by atoms with E-state index >= 15 is 0 Å². The second-order valence-electron chi connectivity index (χ2n) is 3.89. The molecule has 1 aromatic rings. The molecule has 17 heavy (non-hydrogen) atoms. The molecule has 5 nitrogen and oxygen atoms in total. The van der Waals surface area contributed by atoms with E-state index in [1.54, 1.807) is 31.2 Å². The number of hydrogen-bond acceptors (Lipinski definition) is 4. The van der Waals surface area contributed by atoms with Gasteiger partial charge >= 0.3 is 6.09 Å². The maximum absolute atomic E-state index is 10.5. The highest BCUT2D eigenvalue weighted by Crippen LogP contribution is 2.24. The molecule has 0 aromatic heterocycles. The number of carbonyl (C=O) groups is 1. The van der Waals surface area contributed by atoms with Crippen molar-refractivity contribution in [3.63, 3.8) is 0 Å². The standard InChI is InChI=1S/C11H15ClN2O3/c1-7(17-10(13)15)6-11(14,16)8-3-2-4-9(12)5-8/h2-5,7,16H,6,14H2,1H3,(H2,13,15). The Morgan fingerprint density at radius 2 is 2.29 bits per heavy atom. The first kappa shape index (κ1) is 13.8. The lowest BCUT2D eigenvalue weighted by Crippen LogP contribution is -2.40. The minimum absolute atomic E-state index is 0.0241. The maximum atomic E-state index is 10.5. The summed E-state index contributed by atoms with van der Waals surface area (Å²) in [6.45, 7) is 1.59. The molecular formula is C11H15ClN2O3. The van der Waals surface area contributed by atoms with Crippen molar-refractivity contribution in [3.8, 4) is 0 Å². The highest BCUT2D eigenvalue weighted by molar-refractivity contribution is 6.30. The fraction of sp³-hybridized carbons (Fsp3) is 0.364. The average molecular weight is 259 g/mol. The predicted molar refractivity (Wildman–Crippen MR) is 64.3 cm³/mol. The van der Waals surface area contributed by atoms with Crippen molar-refractivity contribution in [2.75, 3.05) is 0 Å². The molecule has 1 amide bonds. The molecule has 6 heteroatoms. The average Bonchev–Trinajstić information content (AvgIpc) is 2.15. The van der Waals surface area contributed by atoms with Gasteiger partial charge in [-0.1, -0.05) is 23.7 Å². The van der Waals surface area contributed by atoms with E-state index in [2.05, 4.69) is 0 Å². The smallest absolute Gasteiger partial charge is 0.404 e. The van der Waals surface area contributed by atoms with Crippen LogP contribution in [0, 0.1) is 0 Å². The van der Waals surface area contributed by atoms with Crippen molar-refractivity contribution in [1.82, 2.24) is 0 Å². The van der Waals surface area contributed by atoms with E-state index in [-0.39, 0.29) is 6.42 Å². The summed E-state index contributed by atoms with van der Waals surface area (Å²) in [6, 6.07) is 6.54. The largest absolute Gasteiger partial charge is 0.447 e. The minimum Gasteiger partial charge on any atom is -0.447 e. The summed E-state index contributed by atoms with van der Waals surface area (Å²) in [5, 5.41) is 10.5. The zero-order chi connectivity index (χ0) is 13.1. The molecule has 0 aliphatic rings. The number of amides is 1. The van der Waals surface area contributed by atoms with Crippen molar-refractivity contribution in [2.45, 2.75) is 25.2 Å². The van der Waals surface area contributed by atoms with Gasteiger partial charge < -0.3 is 15.6 Å². The fourth-order valence-electron chi connectivity index (χ4n) is 1.55. The predicted octanol–water partition coefficient (Wildman–Crippen LogP) is 1.32. The van der Waals surface area contributed by atoms with Gasteiger partial charge in [-0.05, 0) is 24.6 Å². The maximum Gasteiger partial charge on any atom is 0.404 e. The molecule has 1 aromatic carbocycles. The molecule has 2 atom stereocenters. The van der Waals surface area contributed by atoms with E-state index in [0.717, 1.165) is 0 Å². The van der Waals surface area contributed by atoms with Crippen LogP contribution in [0.2, 0.25) is 5.02 Å². The molecule has 0 fully saturated rings. The van der Waals surface area contributed by atoms with Gasteiger partial charge in [0.25, 0.3) is 0 Å². The van der Waals surface area contributed by atoms with Gasteiger partial charge in [0, 0.05) is 11.4 Å². The van der Waals surface area contributed by atoms with Crippen molar-refractivity contribution in [2.24, 2.45) is 11.5 Å². The Morgan fingerprint density at radius 1 is 1.65 bits per heavy atom. The lowest BCUT2D eigenvalue weighted by Gasteiger charge is -2.26. The molecule has 2 unspecified atom stereocenters. The number of aliphatic hydroxyl groups is 1. The van der Waals surface area contributed by atoms with Crippen LogP contribution in [0.5, 0.6) is 0 Å². The van der Waals surface area contributed by atoms with Gasteiger partial charge in [-0.25, -0.2) is 4.79 Å². The molecule has 0 bridgehead atoms. The number of rotatable bonds is 4. The van der Waals surface area contributed by atoms with Gasteiger partial charge in [-0.15, -0.1) is 0 Å². The molecule has 0 spiro atoms. The SMILES string of the molecule is CC(CC(N)(O)c1cccc(Cl)c1)OC(N)=O. The summed E-state index contributed by atoms with van der Waals surface area (Å²) in [5.74, 6) is 0. The van der Waals surface area contributed by atoms with E-state index in [9.17, 15) is 9.90 Å².